The first-order chi connectivity index (χ1) is 8.29. The molecule has 1 atom stereocenters. The number of aliphatic hydroxyl groups excluding tert-OH is 1. The van der Waals surface area contributed by atoms with Crippen molar-refractivity contribution in [1.82, 2.24) is 4.90 Å². The van der Waals surface area contributed by atoms with Gasteiger partial charge in [0.15, 0.2) is 0 Å². The van der Waals surface area contributed by atoms with Crippen LogP contribution in [0.5, 0.6) is 0 Å². The number of aryl methyl sites for hydroxylation is 1. The van der Waals surface area contributed by atoms with E-state index in [0.29, 0.717) is 12.6 Å². The van der Waals surface area contributed by atoms with Gasteiger partial charge in [-0.05, 0) is 44.7 Å². The van der Waals surface area contributed by atoms with Gasteiger partial charge in [0.1, 0.15) is 0 Å². The van der Waals surface area contributed by atoms with Gasteiger partial charge in [0, 0.05) is 19.2 Å². The van der Waals surface area contributed by atoms with Crippen LogP contribution in [0.25, 0.3) is 0 Å². The molecule has 2 heteroatoms. The van der Waals surface area contributed by atoms with Gasteiger partial charge in [0.25, 0.3) is 0 Å². The van der Waals surface area contributed by atoms with E-state index in [0.717, 1.165) is 19.4 Å². The molecule has 0 amide bonds. The molecule has 0 aromatic heterocycles. The van der Waals surface area contributed by atoms with Crippen molar-refractivity contribution >= 4 is 0 Å². The monoisotopic (exact) mass is 233 g/mol. The normalized spacial score (nSPS) is 20.9. The van der Waals surface area contributed by atoms with Crippen molar-refractivity contribution < 1.29 is 5.11 Å². The van der Waals surface area contributed by atoms with E-state index in [9.17, 15) is 0 Å². The molecule has 1 saturated heterocycles. The zero-order valence-electron chi connectivity index (χ0n) is 10.7. The van der Waals surface area contributed by atoms with Crippen LogP contribution >= 0.6 is 0 Å². The number of hydrogen-bond acceptors (Lipinski definition) is 2. The fourth-order valence-electron chi connectivity index (χ4n) is 2.69. The number of benzene rings is 1. The summed E-state index contributed by atoms with van der Waals surface area (Å²) in [7, 11) is 0. The minimum atomic E-state index is 0.313. The van der Waals surface area contributed by atoms with Crippen molar-refractivity contribution in [3.63, 3.8) is 0 Å². The number of rotatable bonds is 5. The van der Waals surface area contributed by atoms with Crippen molar-refractivity contribution in [2.75, 3.05) is 19.7 Å². The van der Waals surface area contributed by atoms with Crippen molar-refractivity contribution in [2.45, 2.75) is 38.6 Å². The topological polar surface area (TPSA) is 23.5 Å². The Balaban J connectivity index is 1.90. The zero-order chi connectivity index (χ0) is 12.1. The summed E-state index contributed by atoms with van der Waals surface area (Å²) in [5, 5.41) is 8.91. The summed E-state index contributed by atoms with van der Waals surface area (Å²) in [6, 6.07) is 9.57. The van der Waals surface area contributed by atoms with E-state index in [1.165, 1.54) is 30.5 Å². The quantitative estimate of drug-likeness (QED) is 0.844. The largest absolute Gasteiger partial charge is 0.396 e. The minimum Gasteiger partial charge on any atom is -0.396 e. The molecule has 1 unspecified atom stereocenters. The van der Waals surface area contributed by atoms with E-state index in [1.807, 2.05) is 0 Å². The SMILES string of the molecule is Cc1ccc(CC2CCCN2CCCO)cc1. The average molecular weight is 233 g/mol. The fourth-order valence-corrected chi connectivity index (χ4v) is 2.69. The summed E-state index contributed by atoms with van der Waals surface area (Å²) in [5.74, 6) is 0. The van der Waals surface area contributed by atoms with E-state index >= 15 is 0 Å². The molecule has 0 bridgehead atoms. The second-order valence-electron chi connectivity index (χ2n) is 5.10. The molecule has 1 aliphatic rings. The molecule has 1 fully saturated rings. The molecule has 2 rings (SSSR count). The third-order valence-corrected chi connectivity index (χ3v) is 3.69. The summed E-state index contributed by atoms with van der Waals surface area (Å²) >= 11 is 0. The van der Waals surface area contributed by atoms with Gasteiger partial charge in [-0.2, -0.15) is 0 Å². The minimum absolute atomic E-state index is 0.313. The van der Waals surface area contributed by atoms with Crippen LogP contribution in [-0.2, 0) is 6.42 Å². The highest BCUT2D eigenvalue weighted by atomic mass is 16.3. The van der Waals surface area contributed by atoms with Crippen molar-refractivity contribution in [3.8, 4) is 0 Å². The number of aliphatic hydroxyl groups is 1. The molecule has 1 aromatic carbocycles. The average Bonchev–Trinajstić information content (AvgIpc) is 2.77. The molecule has 1 aromatic rings. The first kappa shape index (κ1) is 12.6. The molecular weight excluding hydrogens is 210 g/mol. The first-order valence-corrected chi connectivity index (χ1v) is 6.70. The Morgan fingerprint density at radius 1 is 1.29 bits per heavy atom. The maximum atomic E-state index is 8.91. The summed E-state index contributed by atoms with van der Waals surface area (Å²) in [6.07, 6.45) is 4.68. The number of nitrogens with zero attached hydrogens (tertiary/aromatic N) is 1. The van der Waals surface area contributed by atoms with Crippen LogP contribution < -0.4 is 0 Å². The van der Waals surface area contributed by atoms with Gasteiger partial charge in [-0.25, -0.2) is 0 Å². The van der Waals surface area contributed by atoms with E-state index in [4.69, 9.17) is 5.11 Å². The van der Waals surface area contributed by atoms with E-state index in [2.05, 4.69) is 36.1 Å². The molecule has 0 saturated carbocycles. The van der Waals surface area contributed by atoms with E-state index < -0.39 is 0 Å². The summed E-state index contributed by atoms with van der Waals surface area (Å²) in [5.41, 5.74) is 2.77. The molecule has 1 N–H and O–H groups in total. The van der Waals surface area contributed by atoms with Gasteiger partial charge in [-0.1, -0.05) is 29.8 Å². The summed E-state index contributed by atoms with van der Waals surface area (Å²) in [4.78, 5) is 2.54. The fraction of sp³-hybridized carbons (Fsp3) is 0.600. The highest BCUT2D eigenvalue weighted by molar-refractivity contribution is 5.22. The Hall–Kier alpha value is -0.860. The molecular formula is C15H23NO. The van der Waals surface area contributed by atoms with Gasteiger partial charge >= 0.3 is 0 Å². The zero-order valence-corrected chi connectivity index (χ0v) is 10.7. The summed E-state index contributed by atoms with van der Waals surface area (Å²) < 4.78 is 0. The van der Waals surface area contributed by atoms with Crippen LogP contribution in [0.15, 0.2) is 24.3 Å². The van der Waals surface area contributed by atoms with E-state index in [-0.39, 0.29) is 0 Å². The van der Waals surface area contributed by atoms with Crippen LogP contribution in [-0.4, -0.2) is 35.7 Å². The number of hydrogen-bond donors (Lipinski definition) is 1. The third kappa shape index (κ3) is 3.55. The second kappa shape index (κ2) is 6.18. The Morgan fingerprint density at radius 3 is 2.76 bits per heavy atom. The van der Waals surface area contributed by atoms with Crippen LogP contribution in [0.1, 0.15) is 30.4 Å². The molecule has 2 nitrogen and oxygen atoms in total. The lowest BCUT2D eigenvalue weighted by Gasteiger charge is -2.24. The smallest absolute Gasteiger partial charge is 0.0443 e. The molecule has 0 radical (unpaired) electrons. The molecule has 17 heavy (non-hydrogen) atoms. The van der Waals surface area contributed by atoms with Gasteiger partial charge < -0.3 is 5.11 Å². The lowest BCUT2D eigenvalue weighted by atomic mass is 10.0. The van der Waals surface area contributed by atoms with Crippen molar-refractivity contribution in [2.24, 2.45) is 0 Å². The predicted octanol–water partition coefficient (Wildman–Crippen LogP) is 2.38. The van der Waals surface area contributed by atoms with Gasteiger partial charge in [0.2, 0.25) is 0 Å². The van der Waals surface area contributed by atoms with Gasteiger partial charge in [-0.3, -0.25) is 4.90 Å². The second-order valence-corrected chi connectivity index (χ2v) is 5.10. The number of likely N-dealkylation sites (tertiary alicyclic amines) is 1. The van der Waals surface area contributed by atoms with Crippen molar-refractivity contribution in [1.29, 1.82) is 0 Å². The molecule has 0 aliphatic carbocycles. The highest BCUT2D eigenvalue weighted by Crippen LogP contribution is 2.21. The Morgan fingerprint density at radius 2 is 2.06 bits per heavy atom. The Bertz CT molecular complexity index is 333. The Kier molecular flexibility index (Phi) is 4.57. The maximum Gasteiger partial charge on any atom is 0.0443 e. The molecule has 1 heterocycles. The van der Waals surface area contributed by atoms with Crippen LogP contribution in [0, 0.1) is 6.92 Å². The molecule has 0 spiro atoms. The van der Waals surface area contributed by atoms with Crippen LogP contribution in [0.4, 0.5) is 0 Å². The van der Waals surface area contributed by atoms with Crippen LogP contribution in [0.2, 0.25) is 0 Å². The van der Waals surface area contributed by atoms with E-state index in [1.54, 1.807) is 0 Å². The molecule has 94 valence electrons. The predicted molar refractivity (Wildman–Crippen MR) is 71.2 cm³/mol. The van der Waals surface area contributed by atoms with Crippen molar-refractivity contribution in [3.05, 3.63) is 35.4 Å². The summed E-state index contributed by atoms with van der Waals surface area (Å²) in [6.45, 7) is 4.70. The third-order valence-electron chi connectivity index (χ3n) is 3.69. The van der Waals surface area contributed by atoms with Crippen LogP contribution in [0.3, 0.4) is 0 Å². The van der Waals surface area contributed by atoms with Gasteiger partial charge in [0.05, 0.1) is 0 Å². The maximum absolute atomic E-state index is 8.91. The Labute approximate surface area is 104 Å². The highest BCUT2D eigenvalue weighted by Gasteiger charge is 2.23. The lowest BCUT2D eigenvalue weighted by Crippen LogP contribution is -2.32. The molecule has 1 aliphatic heterocycles. The first-order valence-electron chi connectivity index (χ1n) is 6.70. The standard InChI is InChI=1S/C15H23NO/c1-13-5-7-14(8-6-13)12-15-4-2-9-16(15)10-3-11-17/h5-8,15,17H,2-4,9-12H2,1H3. The lowest BCUT2D eigenvalue weighted by molar-refractivity contribution is 0.212. The van der Waals surface area contributed by atoms with Gasteiger partial charge in [-0.15, -0.1) is 0 Å².